The summed E-state index contributed by atoms with van der Waals surface area (Å²) in [5.41, 5.74) is 1.19. The van der Waals surface area contributed by atoms with Crippen LogP contribution in [0.15, 0.2) is 6.20 Å². The standard InChI is InChI=1S/C13H22ClN3O/c1-3-15-11-5-4-10(8-11)13-12(14)9-16-17(13)6-7-18-2/h9-11,15H,3-8H2,1-2H3. The van der Waals surface area contributed by atoms with Crippen LogP contribution in [0, 0.1) is 0 Å². The van der Waals surface area contributed by atoms with Gasteiger partial charge in [-0.3, -0.25) is 4.68 Å². The maximum absolute atomic E-state index is 6.28. The first-order chi connectivity index (χ1) is 8.76. The summed E-state index contributed by atoms with van der Waals surface area (Å²) < 4.78 is 7.12. The van der Waals surface area contributed by atoms with E-state index in [0.717, 1.165) is 24.5 Å². The van der Waals surface area contributed by atoms with Gasteiger partial charge in [0.1, 0.15) is 0 Å². The van der Waals surface area contributed by atoms with E-state index >= 15 is 0 Å². The predicted octanol–water partition coefficient (Wildman–Crippen LogP) is 2.43. The summed E-state index contributed by atoms with van der Waals surface area (Å²) in [4.78, 5) is 0. The summed E-state index contributed by atoms with van der Waals surface area (Å²) in [5, 5.41) is 8.67. The van der Waals surface area contributed by atoms with Gasteiger partial charge in [0.25, 0.3) is 0 Å². The van der Waals surface area contributed by atoms with E-state index in [1.54, 1.807) is 13.3 Å². The van der Waals surface area contributed by atoms with Crippen molar-refractivity contribution >= 4 is 11.6 Å². The van der Waals surface area contributed by atoms with Gasteiger partial charge in [0.05, 0.1) is 30.1 Å². The van der Waals surface area contributed by atoms with Gasteiger partial charge in [-0.15, -0.1) is 0 Å². The molecule has 1 aromatic heterocycles. The quantitative estimate of drug-likeness (QED) is 0.864. The van der Waals surface area contributed by atoms with Gasteiger partial charge in [-0.1, -0.05) is 18.5 Å². The van der Waals surface area contributed by atoms with Gasteiger partial charge in [-0.25, -0.2) is 0 Å². The fraction of sp³-hybridized carbons (Fsp3) is 0.769. The highest BCUT2D eigenvalue weighted by Gasteiger charge is 2.29. The molecule has 1 fully saturated rings. The molecular weight excluding hydrogens is 250 g/mol. The van der Waals surface area contributed by atoms with E-state index in [2.05, 4.69) is 17.3 Å². The number of nitrogens with zero attached hydrogens (tertiary/aromatic N) is 2. The molecule has 2 atom stereocenters. The average Bonchev–Trinajstić information content (AvgIpc) is 2.94. The minimum Gasteiger partial charge on any atom is -0.383 e. The number of rotatable bonds is 6. The van der Waals surface area contributed by atoms with E-state index in [-0.39, 0.29) is 0 Å². The molecule has 1 aromatic rings. The Hall–Kier alpha value is -0.580. The third-order valence-electron chi connectivity index (χ3n) is 3.65. The topological polar surface area (TPSA) is 39.1 Å². The van der Waals surface area contributed by atoms with Gasteiger partial charge >= 0.3 is 0 Å². The van der Waals surface area contributed by atoms with Crippen molar-refractivity contribution in [2.45, 2.75) is 44.7 Å². The number of ether oxygens (including phenoxy) is 1. The van der Waals surface area contributed by atoms with Crippen LogP contribution in [0.2, 0.25) is 5.02 Å². The van der Waals surface area contributed by atoms with Crippen molar-refractivity contribution in [3.8, 4) is 0 Å². The number of hydrogen-bond donors (Lipinski definition) is 1. The van der Waals surface area contributed by atoms with Gasteiger partial charge in [-0.05, 0) is 25.8 Å². The summed E-state index contributed by atoms with van der Waals surface area (Å²) in [7, 11) is 1.71. The van der Waals surface area contributed by atoms with Gasteiger partial charge in [0, 0.05) is 19.1 Å². The van der Waals surface area contributed by atoms with Crippen LogP contribution < -0.4 is 5.32 Å². The molecule has 0 saturated heterocycles. The van der Waals surface area contributed by atoms with Crippen molar-refractivity contribution in [3.05, 3.63) is 16.9 Å². The van der Waals surface area contributed by atoms with Crippen molar-refractivity contribution in [2.24, 2.45) is 0 Å². The van der Waals surface area contributed by atoms with E-state index in [0.29, 0.717) is 18.6 Å². The highest BCUT2D eigenvalue weighted by atomic mass is 35.5. The zero-order valence-electron chi connectivity index (χ0n) is 11.2. The second kappa shape index (κ2) is 6.55. The summed E-state index contributed by atoms with van der Waals surface area (Å²) in [6.07, 6.45) is 5.33. The van der Waals surface area contributed by atoms with Crippen LogP contribution in [0.25, 0.3) is 0 Å². The summed E-state index contributed by atoms with van der Waals surface area (Å²) >= 11 is 6.28. The second-order valence-corrected chi connectivity index (χ2v) is 5.27. The first-order valence-corrected chi connectivity index (χ1v) is 7.07. The van der Waals surface area contributed by atoms with Crippen LogP contribution in [0.1, 0.15) is 37.8 Å². The molecule has 0 radical (unpaired) electrons. The number of halogens is 1. The molecule has 2 rings (SSSR count). The summed E-state index contributed by atoms with van der Waals surface area (Å²) in [5.74, 6) is 0.529. The molecular formula is C13H22ClN3O. The lowest BCUT2D eigenvalue weighted by molar-refractivity contribution is 0.182. The Morgan fingerprint density at radius 1 is 1.56 bits per heavy atom. The number of hydrogen-bond acceptors (Lipinski definition) is 3. The predicted molar refractivity (Wildman–Crippen MR) is 73.2 cm³/mol. The van der Waals surface area contributed by atoms with E-state index in [1.165, 1.54) is 18.5 Å². The largest absolute Gasteiger partial charge is 0.383 e. The lowest BCUT2D eigenvalue weighted by Crippen LogP contribution is -2.25. The van der Waals surface area contributed by atoms with Crippen molar-refractivity contribution in [1.82, 2.24) is 15.1 Å². The third kappa shape index (κ3) is 3.05. The van der Waals surface area contributed by atoms with E-state index in [1.807, 2.05) is 4.68 Å². The molecule has 2 unspecified atom stereocenters. The van der Waals surface area contributed by atoms with Gasteiger partial charge < -0.3 is 10.1 Å². The molecule has 1 saturated carbocycles. The average molecular weight is 272 g/mol. The molecule has 0 aromatic carbocycles. The Morgan fingerprint density at radius 2 is 2.39 bits per heavy atom. The van der Waals surface area contributed by atoms with E-state index in [9.17, 15) is 0 Å². The fourth-order valence-electron chi connectivity index (χ4n) is 2.84. The summed E-state index contributed by atoms with van der Waals surface area (Å²) in [6, 6.07) is 0.627. The van der Waals surface area contributed by atoms with Crippen LogP contribution in [0.4, 0.5) is 0 Å². The van der Waals surface area contributed by atoms with Crippen molar-refractivity contribution in [1.29, 1.82) is 0 Å². The number of methoxy groups -OCH3 is 1. The minimum atomic E-state index is 0.529. The van der Waals surface area contributed by atoms with Crippen molar-refractivity contribution < 1.29 is 4.74 Å². The highest BCUT2D eigenvalue weighted by Crippen LogP contribution is 2.37. The van der Waals surface area contributed by atoms with Crippen LogP contribution in [-0.4, -0.2) is 36.1 Å². The van der Waals surface area contributed by atoms with Gasteiger partial charge in [0.15, 0.2) is 0 Å². The zero-order valence-corrected chi connectivity index (χ0v) is 11.9. The van der Waals surface area contributed by atoms with Crippen molar-refractivity contribution in [3.63, 3.8) is 0 Å². The Balaban J connectivity index is 2.06. The number of aromatic nitrogens is 2. The zero-order chi connectivity index (χ0) is 13.0. The smallest absolute Gasteiger partial charge is 0.0820 e. The molecule has 0 aliphatic heterocycles. The Labute approximate surface area is 114 Å². The lowest BCUT2D eigenvalue weighted by Gasteiger charge is -2.15. The van der Waals surface area contributed by atoms with Crippen molar-refractivity contribution in [2.75, 3.05) is 20.3 Å². The van der Waals surface area contributed by atoms with Gasteiger partial charge in [-0.2, -0.15) is 5.10 Å². The molecule has 4 nitrogen and oxygen atoms in total. The Morgan fingerprint density at radius 3 is 3.11 bits per heavy atom. The first-order valence-electron chi connectivity index (χ1n) is 6.69. The van der Waals surface area contributed by atoms with E-state index < -0.39 is 0 Å². The van der Waals surface area contributed by atoms with Gasteiger partial charge in [0.2, 0.25) is 0 Å². The molecule has 0 spiro atoms. The Bertz CT molecular complexity index is 380. The molecule has 102 valence electrons. The monoisotopic (exact) mass is 271 g/mol. The molecule has 1 heterocycles. The molecule has 18 heavy (non-hydrogen) atoms. The second-order valence-electron chi connectivity index (χ2n) is 4.86. The fourth-order valence-corrected chi connectivity index (χ4v) is 3.13. The maximum Gasteiger partial charge on any atom is 0.0820 e. The summed E-state index contributed by atoms with van der Waals surface area (Å²) in [6.45, 7) is 4.65. The highest BCUT2D eigenvalue weighted by molar-refractivity contribution is 6.31. The lowest BCUT2D eigenvalue weighted by atomic mass is 10.0. The van der Waals surface area contributed by atoms with Crippen LogP contribution in [0.5, 0.6) is 0 Å². The normalized spacial score (nSPS) is 23.7. The molecule has 0 amide bonds. The molecule has 5 heteroatoms. The van der Waals surface area contributed by atoms with Crippen LogP contribution in [0.3, 0.4) is 0 Å². The first kappa shape index (κ1) is 13.8. The minimum absolute atomic E-state index is 0.529. The SMILES string of the molecule is CCNC1CCC(c2c(Cl)cnn2CCOC)C1. The van der Waals surface area contributed by atoms with Crippen LogP contribution in [-0.2, 0) is 11.3 Å². The molecule has 1 aliphatic carbocycles. The van der Waals surface area contributed by atoms with Crippen LogP contribution >= 0.6 is 11.6 Å². The molecule has 1 N–H and O–H groups in total. The Kier molecular flexibility index (Phi) is 5.03. The number of nitrogens with one attached hydrogen (secondary N) is 1. The molecule has 1 aliphatic rings. The third-order valence-corrected chi connectivity index (χ3v) is 3.94. The maximum atomic E-state index is 6.28. The molecule has 0 bridgehead atoms. The van der Waals surface area contributed by atoms with E-state index in [4.69, 9.17) is 16.3 Å².